The molecule has 1 saturated carbocycles. The summed E-state index contributed by atoms with van der Waals surface area (Å²) in [5.41, 5.74) is 1.21. The average molecular weight is 242 g/mol. The number of pyridine rings is 1. The first-order valence-corrected chi connectivity index (χ1v) is 6.36. The number of furan rings is 1. The van der Waals surface area contributed by atoms with Gasteiger partial charge in [0.05, 0.1) is 6.26 Å². The van der Waals surface area contributed by atoms with E-state index < -0.39 is 0 Å². The van der Waals surface area contributed by atoms with Gasteiger partial charge in [-0.2, -0.15) is 5.26 Å². The molecule has 2 heterocycles. The lowest BCUT2D eigenvalue weighted by Gasteiger charge is -2.03. The number of hydrogen-bond donors (Lipinski definition) is 0. The molecule has 0 bridgehead atoms. The van der Waals surface area contributed by atoms with Crippen molar-refractivity contribution in [3.8, 4) is 17.5 Å². The van der Waals surface area contributed by atoms with Gasteiger partial charge in [0.2, 0.25) is 0 Å². The van der Waals surface area contributed by atoms with Gasteiger partial charge in [-0.1, -0.05) is 0 Å². The molecule has 0 amide bonds. The number of aromatic nitrogens is 1. The van der Waals surface area contributed by atoms with Crippen molar-refractivity contribution in [2.24, 2.45) is 0 Å². The summed E-state index contributed by atoms with van der Waals surface area (Å²) in [5.74, 6) is 0.699. The molecule has 0 aromatic carbocycles. The van der Waals surface area contributed by atoms with Crippen molar-refractivity contribution in [1.29, 1.82) is 5.26 Å². The van der Waals surface area contributed by atoms with Gasteiger partial charge in [-0.15, -0.1) is 11.8 Å². The van der Waals surface area contributed by atoms with E-state index in [4.69, 9.17) is 9.68 Å². The lowest BCUT2D eigenvalue weighted by molar-refractivity contribution is 0.580. The SMILES string of the molecule is N#Cc1nc(-c2ccco2)ccc1SC1CC1. The van der Waals surface area contributed by atoms with Crippen LogP contribution < -0.4 is 0 Å². The molecule has 2 aromatic rings. The summed E-state index contributed by atoms with van der Waals surface area (Å²) in [6.07, 6.45) is 4.10. The van der Waals surface area contributed by atoms with Crippen LogP contribution in [0.3, 0.4) is 0 Å². The maximum atomic E-state index is 9.12. The molecule has 1 fully saturated rings. The third kappa shape index (κ3) is 2.20. The highest BCUT2D eigenvalue weighted by Crippen LogP contribution is 2.40. The smallest absolute Gasteiger partial charge is 0.154 e. The van der Waals surface area contributed by atoms with Crippen LogP contribution in [0, 0.1) is 11.3 Å². The second kappa shape index (κ2) is 4.27. The minimum atomic E-state index is 0.496. The first-order valence-electron chi connectivity index (χ1n) is 5.48. The molecular formula is C13H10N2OS. The van der Waals surface area contributed by atoms with Gasteiger partial charge in [-0.25, -0.2) is 4.98 Å². The Morgan fingerprint density at radius 2 is 2.24 bits per heavy atom. The Kier molecular flexibility index (Phi) is 2.62. The van der Waals surface area contributed by atoms with E-state index in [1.165, 1.54) is 12.8 Å². The van der Waals surface area contributed by atoms with Crippen molar-refractivity contribution in [3.63, 3.8) is 0 Å². The highest BCUT2D eigenvalue weighted by Gasteiger charge is 2.24. The van der Waals surface area contributed by atoms with Gasteiger partial charge in [-0.3, -0.25) is 0 Å². The van der Waals surface area contributed by atoms with Gasteiger partial charge < -0.3 is 4.42 Å². The van der Waals surface area contributed by atoms with Crippen molar-refractivity contribution in [2.75, 3.05) is 0 Å². The van der Waals surface area contributed by atoms with Crippen LogP contribution in [0.2, 0.25) is 0 Å². The van der Waals surface area contributed by atoms with Crippen molar-refractivity contribution in [1.82, 2.24) is 4.98 Å². The number of thioether (sulfide) groups is 1. The normalized spacial score (nSPS) is 14.5. The van der Waals surface area contributed by atoms with E-state index in [0.29, 0.717) is 22.4 Å². The maximum absolute atomic E-state index is 9.12. The standard InChI is InChI=1S/C13H10N2OS/c14-8-11-13(17-9-3-4-9)6-5-10(15-11)12-2-1-7-16-12/h1-2,5-7,9H,3-4H2. The van der Waals surface area contributed by atoms with E-state index >= 15 is 0 Å². The molecule has 1 aliphatic rings. The van der Waals surface area contributed by atoms with E-state index in [9.17, 15) is 0 Å². The lowest BCUT2D eigenvalue weighted by atomic mass is 10.2. The molecule has 0 spiro atoms. The molecule has 0 unspecified atom stereocenters. The average Bonchev–Trinajstić information content (AvgIpc) is 3.01. The van der Waals surface area contributed by atoms with Gasteiger partial charge in [0.1, 0.15) is 11.8 Å². The van der Waals surface area contributed by atoms with Crippen molar-refractivity contribution in [2.45, 2.75) is 23.0 Å². The second-order valence-electron chi connectivity index (χ2n) is 3.95. The summed E-state index contributed by atoms with van der Waals surface area (Å²) >= 11 is 1.75. The summed E-state index contributed by atoms with van der Waals surface area (Å²) in [6.45, 7) is 0. The predicted octanol–water partition coefficient (Wildman–Crippen LogP) is 3.47. The van der Waals surface area contributed by atoms with Crippen LogP contribution >= 0.6 is 11.8 Å². The Labute approximate surface area is 103 Å². The van der Waals surface area contributed by atoms with E-state index in [1.54, 1.807) is 18.0 Å². The Morgan fingerprint density at radius 3 is 2.88 bits per heavy atom. The number of rotatable bonds is 3. The Morgan fingerprint density at radius 1 is 1.35 bits per heavy atom. The molecule has 0 atom stereocenters. The zero-order valence-corrected chi connectivity index (χ0v) is 9.91. The van der Waals surface area contributed by atoms with Gasteiger partial charge in [0.15, 0.2) is 11.5 Å². The molecule has 2 aromatic heterocycles. The second-order valence-corrected chi connectivity index (χ2v) is 5.29. The molecule has 1 aliphatic carbocycles. The van der Waals surface area contributed by atoms with Gasteiger partial charge in [-0.05, 0) is 37.1 Å². The number of nitrogens with zero attached hydrogens (tertiary/aromatic N) is 2. The molecular weight excluding hydrogens is 232 g/mol. The zero-order valence-electron chi connectivity index (χ0n) is 9.09. The summed E-state index contributed by atoms with van der Waals surface area (Å²) in [7, 11) is 0. The third-order valence-electron chi connectivity index (χ3n) is 2.56. The first-order chi connectivity index (χ1) is 8.36. The molecule has 3 rings (SSSR count). The van der Waals surface area contributed by atoms with Crippen molar-refractivity contribution >= 4 is 11.8 Å². The van der Waals surface area contributed by atoms with E-state index in [0.717, 1.165) is 4.90 Å². The molecule has 0 radical (unpaired) electrons. The topological polar surface area (TPSA) is 49.8 Å². The first kappa shape index (κ1) is 10.4. The molecule has 84 valence electrons. The van der Waals surface area contributed by atoms with Gasteiger partial charge >= 0.3 is 0 Å². The summed E-state index contributed by atoms with van der Waals surface area (Å²) in [6, 6.07) is 9.69. The highest BCUT2D eigenvalue weighted by atomic mass is 32.2. The predicted molar refractivity (Wildman–Crippen MR) is 65.5 cm³/mol. The Balaban J connectivity index is 1.96. The third-order valence-corrected chi connectivity index (χ3v) is 3.94. The summed E-state index contributed by atoms with van der Waals surface area (Å²) < 4.78 is 5.27. The summed E-state index contributed by atoms with van der Waals surface area (Å²) in [5, 5.41) is 9.80. The molecule has 4 heteroatoms. The summed E-state index contributed by atoms with van der Waals surface area (Å²) in [4.78, 5) is 5.32. The fourth-order valence-electron chi connectivity index (χ4n) is 1.55. The largest absolute Gasteiger partial charge is 0.463 e. The van der Waals surface area contributed by atoms with Crippen molar-refractivity contribution < 1.29 is 4.42 Å². The monoisotopic (exact) mass is 242 g/mol. The van der Waals surface area contributed by atoms with Crippen LogP contribution in [0.4, 0.5) is 0 Å². The number of hydrogen-bond acceptors (Lipinski definition) is 4. The van der Waals surface area contributed by atoms with E-state index in [-0.39, 0.29) is 0 Å². The number of nitriles is 1. The molecule has 3 nitrogen and oxygen atoms in total. The van der Waals surface area contributed by atoms with Gasteiger partial charge in [0, 0.05) is 10.1 Å². The zero-order chi connectivity index (χ0) is 11.7. The van der Waals surface area contributed by atoms with Crippen LogP contribution in [-0.4, -0.2) is 10.2 Å². The molecule has 0 N–H and O–H groups in total. The van der Waals surface area contributed by atoms with Gasteiger partial charge in [0.25, 0.3) is 0 Å². The molecule has 0 saturated heterocycles. The van der Waals surface area contributed by atoms with Crippen LogP contribution in [-0.2, 0) is 0 Å². The lowest BCUT2D eigenvalue weighted by Crippen LogP contribution is -1.91. The van der Waals surface area contributed by atoms with Crippen LogP contribution in [0.25, 0.3) is 11.5 Å². The maximum Gasteiger partial charge on any atom is 0.154 e. The quantitative estimate of drug-likeness (QED) is 0.827. The fourth-order valence-corrected chi connectivity index (χ4v) is 2.63. The van der Waals surface area contributed by atoms with Crippen LogP contribution in [0.1, 0.15) is 18.5 Å². The molecule has 17 heavy (non-hydrogen) atoms. The van der Waals surface area contributed by atoms with E-state index in [2.05, 4.69) is 11.1 Å². The minimum absolute atomic E-state index is 0.496. The Hall–Kier alpha value is -1.73. The highest BCUT2D eigenvalue weighted by molar-refractivity contribution is 8.00. The van der Waals surface area contributed by atoms with Crippen LogP contribution in [0.15, 0.2) is 39.8 Å². The fraction of sp³-hybridized carbons (Fsp3) is 0.231. The van der Waals surface area contributed by atoms with E-state index in [1.807, 2.05) is 24.3 Å². The Bertz CT molecular complexity index is 568. The molecule has 0 aliphatic heterocycles. The van der Waals surface area contributed by atoms with Crippen LogP contribution in [0.5, 0.6) is 0 Å². The van der Waals surface area contributed by atoms with Crippen molar-refractivity contribution in [3.05, 3.63) is 36.2 Å². The minimum Gasteiger partial charge on any atom is -0.463 e.